The smallest absolute Gasteiger partial charge is 0.298 e. The van der Waals surface area contributed by atoms with Crippen LogP contribution in [0.3, 0.4) is 0 Å². The zero-order valence-electron chi connectivity index (χ0n) is 13.4. The number of fused-ring (bicyclic) bond motifs is 1. The maximum absolute atomic E-state index is 12.6. The second kappa shape index (κ2) is 6.61. The molecule has 2 saturated heterocycles. The van der Waals surface area contributed by atoms with Crippen LogP contribution in [-0.2, 0) is 9.53 Å². The second-order valence-corrected chi connectivity index (χ2v) is 6.74. The molecule has 1 amide bonds. The average molecular weight is 350 g/mol. The third-order valence-corrected chi connectivity index (χ3v) is 5.01. The lowest BCUT2D eigenvalue weighted by Gasteiger charge is -2.34. The highest BCUT2D eigenvalue weighted by molar-refractivity contribution is 6.31. The van der Waals surface area contributed by atoms with Crippen LogP contribution in [0.4, 0.5) is 6.01 Å². The van der Waals surface area contributed by atoms with Gasteiger partial charge in [-0.3, -0.25) is 4.79 Å². The fourth-order valence-corrected chi connectivity index (χ4v) is 3.55. The van der Waals surface area contributed by atoms with E-state index < -0.39 is 0 Å². The van der Waals surface area contributed by atoms with E-state index >= 15 is 0 Å². The standard InChI is InChI=1S/C17H20ClN3O3/c18-13-1-2-15-14(11-13)19-17(24-15)21-5-3-12(4-6-21)16(22)20-7-9-23-10-8-20/h1-2,11-12H,3-10H2. The number of amides is 1. The lowest BCUT2D eigenvalue weighted by molar-refractivity contribution is -0.140. The highest BCUT2D eigenvalue weighted by atomic mass is 35.5. The number of anilines is 1. The lowest BCUT2D eigenvalue weighted by Crippen LogP contribution is -2.46. The van der Waals surface area contributed by atoms with Gasteiger partial charge in [0.25, 0.3) is 6.01 Å². The van der Waals surface area contributed by atoms with Crippen LogP contribution in [0.1, 0.15) is 12.8 Å². The van der Waals surface area contributed by atoms with Crippen molar-refractivity contribution in [1.82, 2.24) is 9.88 Å². The summed E-state index contributed by atoms with van der Waals surface area (Å²) in [6, 6.07) is 6.05. The summed E-state index contributed by atoms with van der Waals surface area (Å²) in [4.78, 5) is 21.1. The molecule has 1 aromatic heterocycles. The third-order valence-electron chi connectivity index (χ3n) is 4.78. The van der Waals surface area contributed by atoms with Crippen LogP contribution in [0, 0.1) is 5.92 Å². The summed E-state index contributed by atoms with van der Waals surface area (Å²) in [5.41, 5.74) is 1.50. The van der Waals surface area contributed by atoms with Crippen LogP contribution >= 0.6 is 11.6 Å². The fraction of sp³-hybridized carbons (Fsp3) is 0.529. The predicted molar refractivity (Wildman–Crippen MR) is 91.4 cm³/mol. The first kappa shape index (κ1) is 15.7. The van der Waals surface area contributed by atoms with Gasteiger partial charge >= 0.3 is 0 Å². The number of aromatic nitrogens is 1. The molecule has 0 bridgehead atoms. The molecular formula is C17H20ClN3O3. The highest BCUT2D eigenvalue weighted by Gasteiger charge is 2.30. The average Bonchev–Trinajstić information content (AvgIpc) is 3.05. The minimum atomic E-state index is 0.0955. The van der Waals surface area contributed by atoms with E-state index in [4.69, 9.17) is 20.8 Å². The van der Waals surface area contributed by atoms with Crippen LogP contribution in [0.25, 0.3) is 11.1 Å². The van der Waals surface area contributed by atoms with Gasteiger partial charge in [0.15, 0.2) is 5.58 Å². The van der Waals surface area contributed by atoms with Gasteiger partial charge in [-0.15, -0.1) is 0 Å². The van der Waals surface area contributed by atoms with Crippen molar-refractivity contribution in [2.45, 2.75) is 12.8 Å². The van der Waals surface area contributed by atoms with Gasteiger partial charge in [0.05, 0.1) is 13.2 Å². The minimum Gasteiger partial charge on any atom is -0.423 e. The highest BCUT2D eigenvalue weighted by Crippen LogP contribution is 2.28. The topological polar surface area (TPSA) is 58.8 Å². The Morgan fingerprint density at radius 1 is 1.17 bits per heavy atom. The van der Waals surface area contributed by atoms with E-state index in [1.165, 1.54) is 0 Å². The molecular weight excluding hydrogens is 330 g/mol. The van der Waals surface area contributed by atoms with Crippen LogP contribution in [0.2, 0.25) is 5.02 Å². The van der Waals surface area contributed by atoms with Crippen molar-refractivity contribution in [1.29, 1.82) is 0 Å². The summed E-state index contributed by atoms with van der Waals surface area (Å²) in [6.07, 6.45) is 1.66. The fourth-order valence-electron chi connectivity index (χ4n) is 3.38. The molecule has 4 rings (SSSR count). The molecule has 0 atom stereocenters. The molecule has 24 heavy (non-hydrogen) atoms. The minimum absolute atomic E-state index is 0.0955. The summed E-state index contributed by atoms with van der Waals surface area (Å²) in [5, 5.41) is 0.650. The van der Waals surface area contributed by atoms with E-state index in [1.807, 2.05) is 11.0 Å². The Hall–Kier alpha value is -1.79. The van der Waals surface area contributed by atoms with Gasteiger partial charge in [0.2, 0.25) is 5.91 Å². The Morgan fingerprint density at radius 2 is 1.92 bits per heavy atom. The molecule has 2 aliphatic rings. The maximum Gasteiger partial charge on any atom is 0.298 e. The molecule has 128 valence electrons. The molecule has 1 aromatic carbocycles. The summed E-state index contributed by atoms with van der Waals surface area (Å²) < 4.78 is 11.1. The first-order valence-corrected chi connectivity index (χ1v) is 8.76. The number of carbonyl (C=O) groups is 1. The molecule has 0 aliphatic carbocycles. The number of halogens is 1. The number of carbonyl (C=O) groups excluding carboxylic acids is 1. The van der Waals surface area contributed by atoms with Crippen molar-refractivity contribution < 1.29 is 13.9 Å². The number of piperidine rings is 1. The molecule has 2 fully saturated rings. The zero-order valence-corrected chi connectivity index (χ0v) is 14.2. The van der Waals surface area contributed by atoms with Crippen LogP contribution in [0.5, 0.6) is 0 Å². The predicted octanol–water partition coefficient (Wildman–Crippen LogP) is 2.56. The largest absolute Gasteiger partial charge is 0.423 e. The summed E-state index contributed by atoms with van der Waals surface area (Å²) in [7, 11) is 0. The van der Waals surface area contributed by atoms with E-state index in [-0.39, 0.29) is 11.8 Å². The van der Waals surface area contributed by atoms with Gasteiger partial charge in [-0.2, -0.15) is 4.98 Å². The first-order valence-electron chi connectivity index (χ1n) is 8.38. The van der Waals surface area contributed by atoms with Gasteiger partial charge in [-0.25, -0.2) is 0 Å². The number of rotatable bonds is 2. The van der Waals surface area contributed by atoms with Gasteiger partial charge < -0.3 is 19.0 Å². The number of nitrogens with zero attached hydrogens (tertiary/aromatic N) is 3. The second-order valence-electron chi connectivity index (χ2n) is 6.31. The SMILES string of the molecule is O=C(C1CCN(c2nc3cc(Cl)ccc3o2)CC1)N1CCOCC1. The first-order chi connectivity index (χ1) is 11.7. The molecule has 0 unspecified atom stereocenters. The van der Waals surface area contributed by atoms with Crippen molar-refractivity contribution in [3.63, 3.8) is 0 Å². The van der Waals surface area contributed by atoms with Crippen molar-refractivity contribution in [3.8, 4) is 0 Å². The normalized spacial score (nSPS) is 19.9. The monoisotopic (exact) mass is 349 g/mol. The van der Waals surface area contributed by atoms with Crippen molar-refractivity contribution in [2.24, 2.45) is 5.92 Å². The zero-order chi connectivity index (χ0) is 16.5. The molecule has 7 heteroatoms. The van der Waals surface area contributed by atoms with Gasteiger partial charge in [-0.1, -0.05) is 11.6 Å². The lowest BCUT2D eigenvalue weighted by atomic mass is 9.95. The number of hydrogen-bond donors (Lipinski definition) is 0. The Bertz CT molecular complexity index is 734. The van der Waals surface area contributed by atoms with Gasteiger partial charge in [0, 0.05) is 37.1 Å². The van der Waals surface area contributed by atoms with Crippen LogP contribution < -0.4 is 4.90 Å². The van der Waals surface area contributed by atoms with E-state index in [0.29, 0.717) is 37.3 Å². The van der Waals surface area contributed by atoms with Gasteiger partial charge in [0.1, 0.15) is 5.52 Å². The summed E-state index contributed by atoms with van der Waals surface area (Å²) >= 11 is 6.00. The summed E-state index contributed by atoms with van der Waals surface area (Å²) in [5.74, 6) is 0.362. The van der Waals surface area contributed by atoms with Crippen molar-refractivity contribution in [3.05, 3.63) is 23.2 Å². The van der Waals surface area contributed by atoms with Gasteiger partial charge in [-0.05, 0) is 31.0 Å². The van der Waals surface area contributed by atoms with E-state index in [1.54, 1.807) is 12.1 Å². The Kier molecular flexibility index (Phi) is 4.33. The van der Waals surface area contributed by atoms with Crippen molar-refractivity contribution in [2.75, 3.05) is 44.3 Å². The number of benzene rings is 1. The molecule has 6 nitrogen and oxygen atoms in total. The number of morpholine rings is 1. The Labute approximate surface area is 145 Å². The maximum atomic E-state index is 12.6. The summed E-state index contributed by atoms with van der Waals surface area (Å²) in [6.45, 7) is 4.28. The third kappa shape index (κ3) is 3.08. The molecule has 0 radical (unpaired) electrons. The molecule has 2 aromatic rings. The van der Waals surface area contributed by atoms with E-state index in [9.17, 15) is 4.79 Å². The van der Waals surface area contributed by atoms with E-state index in [2.05, 4.69) is 9.88 Å². The Morgan fingerprint density at radius 3 is 2.67 bits per heavy atom. The molecule has 0 spiro atoms. The number of hydrogen-bond acceptors (Lipinski definition) is 5. The number of ether oxygens (including phenoxy) is 1. The van der Waals surface area contributed by atoms with Crippen LogP contribution in [0.15, 0.2) is 22.6 Å². The molecule has 0 N–H and O–H groups in total. The number of oxazole rings is 1. The van der Waals surface area contributed by atoms with E-state index in [0.717, 1.165) is 37.0 Å². The Balaban J connectivity index is 1.40. The quantitative estimate of drug-likeness (QED) is 0.834. The van der Waals surface area contributed by atoms with Crippen molar-refractivity contribution >= 4 is 34.6 Å². The molecule has 2 aliphatic heterocycles. The van der Waals surface area contributed by atoms with Crippen LogP contribution in [-0.4, -0.2) is 55.2 Å². The molecule has 0 saturated carbocycles. The molecule has 3 heterocycles.